The summed E-state index contributed by atoms with van der Waals surface area (Å²) in [4.78, 5) is 11.5. The van der Waals surface area contributed by atoms with Crippen LogP contribution in [0.4, 0.5) is 13.2 Å². The van der Waals surface area contributed by atoms with Gasteiger partial charge in [-0.3, -0.25) is 9.97 Å². The third-order valence-electron chi connectivity index (χ3n) is 4.08. The van der Waals surface area contributed by atoms with Gasteiger partial charge in [0.15, 0.2) is 12.4 Å². The minimum Gasteiger partial charge on any atom is -0.609 e. The van der Waals surface area contributed by atoms with Crippen LogP contribution in [0.3, 0.4) is 0 Å². The lowest BCUT2D eigenvalue weighted by Crippen LogP contribution is -2.20. The van der Waals surface area contributed by atoms with E-state index in [-0.39, 0.29) is 16.7 Å². The molecule has 0 unspecified atom stereocenters. The number of ether oxygens (including phenoxy) is 2. The highest BCUT2D eigenvalue weighted by Crippen LogP contribution is 2.29. The fourth-order valence-electron chi connectivity index (χ4n) is 2.67. The molecule has 6 nitrogen and oxygen atoms in total. The molecule has 0 fully saturated rings. The number of hydrogen-bond acceptors (Lipinski definition) is 5. The summed E-state index contributed by atoms with van der Waals surface area (Å²) in [6, 6.07) is 5.23. The van der Waals surface area contributed by atoms with Gasteiger partial charge in [-0.05, 0) is 26.0 Å². The Labute approximate surface area is 162 Å². The second-order valence-corrected chi connectivity index (χ2v) is 7.53. The lowest BCUT2D eigenvalue weighted by molar-refractivity contribution is -0.153. The average molecular weight is 413 g/mol. The zero-order valence-corrected chi connectivity index (χ0v) is 16.2. The van der Waals surface area contributed by atoms with Gasteiger partial charge in [0.1, 0.15) is 11.5 Å². The van der Waals surface area contributed by atoms with Crippen LogP contribution in [-0.4, -0.2) is 39.4 Å². The standard InChI is InChI=1S/C18H18F3N3O3S/c1-10-7-22-15(11(2)16(10)27-9-18(19,20)21)8-28(25)17-23-13-5-4-12(26-3)6-14(13)24-17/h4-7H,8-9H2,1-3H3,(H,23,24)/t28-/m1/s1. The predicted octanol–water partition coefficient (Wildman–Crippen LogP) is 3.83. The highest BCUT2D eigenvalue weighted by atomic mass is 32.2. The number of imidazole rings is 1. The van der Waals surface area contributed by atoms with Gasteiger partial charge in [-0.15, -0.1) is 0 Å². The van der Waals surface area contributed by atoms with Gasteiger partial charge in [-0.25, -0.2) is 0 Å². The molecule has 0 spiro atoms. The molecule has 0 saturated carbocycles. The summed E-state index contributed by atoms with van der Waals surface area (Å²) in [6.45, 7) is 1.81. The molecule has 1 atom stereocenters. The molecular weight excluding hydrogens is 395 g/mol. The van der Waals surface area contributed by atoms with Gasteiger partial charge in [0.2, 0.25) is 0 Å². The normalized spacial score (nSPS) is 13.0. The van der Waals surface area contributed by atoms with E-state index in [2.05, 4.69) is 15.0 Å². The minimum atomic E-state index is -4.44. The number of rotatable bonds is 6. The molecule has 0 bridgehead atoms. The van der Waals surface area contributed by atoms with Crippen molar-refractivity contribution in [3.63, 3.8) is 0 Å². The van der Waals surface area contributed by atoms with Crippen molar-refractivity contribution in [1.82, 2.24) is 15.0 Å². The molecule has 10 heteroatoms. The van der Waals surface area contributed by atoms with Crippen molar-refractivity contribution in [2.24, 2.45) is 0 Å². The van der Waals surface area contributed by atoms with E-state index in [0.29, 0.717) is 33.6 Å². The van der Waals surface area contributed by atoms with E-state index in [4.69, 9.17) is 9.47 Å². The van der Waals surface area contributed by atoms with E-state index in [1.54, 1.807) is 32.0 Å². The smallest absolute Gasteiger partial charge is 0.422 e. The Bertz CT molecular complexity index is 991. The van der Waals surface area contributed by atoms with Crippen LogP contribution in [0, 0.1) is 13.8 Å². The maximum absolute atomic E-state index is 12.7. The third kappa shape index (κ3) is 4.50. The number of halogens is 3. The maximum Gasteiger partial charge on any atom is 0.422 e. The topological polar surface area (TPSA) is 83.1 Å². The SMILES string of the molecule is COc1ccc2[nH]c([S@+]([O-])Cc3ncc(C)c(OCC(F)(F)F)c3C)nc2c1. The third-order valence-corrected chi connectivity index (χ3v) is 5.24. The van der Waals surface area contributed by atoms with E-state index in [9.17, 15) is 17.7 Å². The van der Waals surface area contributed by atoms with Crippen LogP contribution in [0.25, 0.3) is 11.0 Å². The second-order valence-electron chi connectivity index (χ2n) is 6.16. The molecule has 1 aromatic carbocycles. The van der Waals surface area contributed by atoms with Crippen LogP contribution in [0.1, 0.15) is 16.8 Å². The average Bonchev–Trinajstić information content (AvgIpc) is 3.06. The van der Waals surface area contributed by atoms with Crippen LogP contribution >= 0.6 is 0 Å². The number of hydrogen-bond donors (Lipinski definition) is 1. The Kier molecular flexibility index (Phi) is 5.71. The Hall–Kier alpha value is -2.46. The van der Waals surface area contributed by atoms with Crippen molar-refractivity contribution in [2.45, 2.75) is 30.9 Å². The van der Waals surface area contributed by atoms with E-state index in [0.717, 1.165) is 0 Å². The van der Waals surface area contributed by atoms with Gasteiger partial charge >= 0.3 is 11.3 Å². The van der Waals surface area contributed by atoms with E-state index in [1.165, 1.54) is 13.3 Å². The van der Waals surface area contributed by atoms with Crippen LogP contribution in [-0.2, 0) is 16.9 Å². The van der Waals surface area contributed by atoms with Gasteiger partial charge in [-0.1, -0.05) is 0 Å². The van der Waals surface area contributed by atoms with Crippen molar-refractivity contribution < 1.29 is 27.2 Å². The van der Waals surface area contributed by atoms with Gasteiger partial charge in [-0.2, -0.15) is 18.2 Å². The van der Waals surface area contributed by atoms with Gasteiger partial charge in [0, 0.05) is 34.6 Å². The molecule has 3 aromatic rings. The quantitative estimate of drug-likeness (QED) is 0.621. The van der Waals surface area contributed by atoms with Gasteiger partial charge < -0.3 is 14.0 Å². The number of nitrogens with zero attached hydrogens (tertiary/aromatic N) is 2. The molecule has 0 radical (unpaired) electrons. The highest BCUT2D eigenvalue weighted by Gasteiger charge is 2.29. The van der Waals surface area contributed by atoms with Crippen molar-refractivity contribution in [2.75, 3.05) is 13.7 Å². The maximum atomic E-state index is 12.7. The zero-order valence-electron chi connectivity index (χ0n) is 15.4. The summed E-state index contributed by atoms with van der Waals surface area (Å²) in [6.07, 6.45) is -3.03. The summed E-state index contributed by atoms with van der Waals surface area (Å²) in [5, 5.41) is 0.253. The summed E-state index contributed by atoms with van der Waals surface area (Å²) >= 11 is -1.57. The first-order chi connectivity index (χ1) is 13.2. The minimum absolute atomic E-state index is 0.00848. The first-order valence-corrected chi connectivity index (χ1v) is 9.56. The molecule has 150 valence electrons. The molecule has 28 heavy (non-hydrogen) atoms. The van der Waals surface area contributed by atoms with Gasteiger partial charge in [0.05, 0.1) is 23.8 Å². The summed E-state index contributed by atoms with van der Waals surface area (Å²) < 4.78 is 60.2. The molecule has 2 heterocycles. The molecule has 0 aliphatic carbocycles. The number of methoxy groups -OCH3 is 1. The predicted molar refractivity (Wildman–Crippen MR) is 98.0 cm³/mol. The number of fused-ring (bicyclic) bond motifs is 1. The number of H-pyrrole nitrogens is 1. The Morgan fingerprint density at radius 3 is 2.68 bits per heavy atom. The summed E-state index contributed by atoms with van der Waals surface area (Å²) in [7, 11) is 1.54. The van der Waals surface area contributed by atoms with E-state index in [1.807, 2.05) is 0 Å². The van der Waals surface area contributed by atoms with Crippen LogP contribution in [0.2, 0.25) is 0 Å². The zero-order chi connectivity index (χ0) is 20.5. The molecule has 1 N–H and O–H groups in total. The van der Waals surface area contributed by atoms with Crippen molar-refractivity contribution in [3.05, 3.63) is 41.2 Å². The largest absolute Gasteiger partial charge is 0.609 e. The van der Waals surface area contributed by atoms with Crippen molar-refractivity contribution in [3.8, 4) is 11.5 Å². The number of aryl methyl sites for hydroxylation is 1. The number of benzene rings is 1. The van der Waals surface area contributed by atoms with Crippen LogP contribution in [0.15, 0.2) is 29.6 Å². The highest BCUT2D eigenvalue weighted by molar-refractivity contribution is 7.90. The van der Waals surface area contributed by atoms with Crippen LogP contribution in [0.5, 0.6) is 11.5 Å². The molecular formula is C18H18F3N3O3S. The lowest BCUT2D eigenvalue weighted by Gasteiger charge is -2.16. The summed E-state index contributed by atoms with van der Waals surface area (Å²) in [5.41, 5.74) is 2.60. The fourth-order valence-corrected chi connectivity index (χ4v) is 3.77. The number of aromatic nitrogens is 3. The summed E-state index contributed by atoms with van der Waals surface area (Å²) in [5.74, 6) is 0.721. The van der Waals surface area contributed by atoms with Crippen LogP contribution < -0.4 is 9.47 Å². The Balaban J connectivity index is 1.82. The number of pyridine rings is 1. The number of nitrogens with one attached hydrogen (secondary N) is 1. The van der Waals surface area contributed by atoms with E-state index < -0.39 is 24.0 Å². The van der Waals surface area contributed by atoms with Gasteiger partial charge in [0.25, 0.3) is 0 Å². The first kappa shape index (κ1) is 20.3. The van der Waals surface area contributed by atoms with Crippen molar-refractivity contribution >= 4 is 22.2 Å². The molecule has 0 aliphatic heterocycles. The number of aromatic amines is 1. The molecule has 2 aromatic heterocycles. The van der Waals surface area contributed by atoms with E-state index >= 15 is 0 Å². The monoisotopic (exact) mass is 413 g/mol. The molecule has 0 amide bonds. The molecule has 0 aliphatic rings. The Morgan fingerprint density at radius 2 is 2.00 bits per heavy atom. The molecule has 0 saturated heterocycles. The van der Waals surface area contributed by atoms with Crippen molar-refractivity contribution in [1.29, 1.82) is 0 Å². The fraction of sp³-hybridized carbons (Fsp3) is 0.333. The Morgan fingerprint density at radius 1 is 1.25 bits per heavy atom. The first-order valence-electron chi connectivity index (χ1n) is 8.24. The lowest BCUT2D eigenvalue weighted by atomic mass is 10.1. The number of alkyl halides is 3. The second kappa shape index (κ2) is 7.88. The molecule has 3 rings (SSSR count).